The Hall–Kier alpha value is -0.960. The molecule has 0 aliphatic carbocycles. The zero-order valence-corrected chi connectivity index (χ0v) is 18.3. The highest BCUT2D eigenvalue weighted by molar-refractivity contribution is 5.17. The van der Waals surface area contributed by atoms with Crippen LogP contribution in [0.15, 0.2) is 18.2 Å². The van der Waals surface area contributed by atoms with Crippen molar-refractivity contribution in [2.24, 2.45) is 0 Å². The van der Waals surface area contributed by atoms with Gasteiger partial charge in [0, 0.05) is 12.7 Å². The molecule has 0 saturated heterocycles. The van der Waals surface area contributed by atoms with Crippen molar-refractivity contribution in [3.8, 4) is 0 Å². The maximum absolute atomic E-state index is 13.2. The van der Waals surface area contributed by atoms with Crippen molar-refractivity contribution in [1.29, 1.82) is 0 Å². The maximum atomic E-state index is 13.2. The maximum Gasteiger partial charge on any atom is 0.126 e. The van der Waals surface area contributed by atoms with E-state index in [9.17, 15) is 8.78 Å². The molecule has 1 aromatic carbocycles. The lowest BCUT2D eigenvalue weighted by molar-refractivity contribution is 0.0385. The van der Waals surface area contributed by atoms with Gasteiger partial charge in [0.2, 0.25) is 0 Å². The van der Waals surface area contributed by atoms with Crippen LogP contribution in [0.4, 0.5) is 8.78 Å². The molecule has 1 rings (SSSR count). The highest BCUT2D eigenvalue weighted by Gasteiger charge is 2.09. The molecule has 0 heterocycles. The number of rotatable bonds is 18. The molecule has 0 bridgehead atoms. The van der Waals surface area contributed by atoms with E-state index in [4.69, 9.17) is 4.74 Å². The zero-order chi connectivity index (χ0) is 20.5. The Kier molecular flexibility index (Phi) is 15.2. The minimum Gasteiger partial charge on any atom is -0.378 e. The van der Waals surface area contributed by atoms with Crippen molar-refractivity contribution in [3.05, 3.63) is 35.4 Å². The first-order chi connectivity index (χ1) is 13.7. The minimum absolute atomic E-state index is 0.410. The summed E-state index contributed by atoms with van der Waals surface area (Å²) in [6.07, 6.45) is 18.4. The molecule has 0 aliphatic rings. The van der Waals surface area contributed by atoms with Gasteiger partial charge in [0.15, 0.2) is 0 Å². The Morgan fingerprint density at radius 2 is 1.21 bits per heavy atom. The number of unbranched alkanes of at least 4 members (excludes halogenated alkanes) is 9. The Morgan fingerprint density at radius 1 is 0.679 bits per heavy atom. The van der Waals surface area contributed by atoms with Crippen molar-refractivity contribution in [2.75, 3.05) is 6.61 Å². The Labute approximate surface area is 172 Å². The summed E-state index contributed by atoms with van der Waals surface area (Å²) >= 11 is 0. The molecular weight excluding hydrogens is 354 g/mol. The smallest absolute Gasteiger partial charge is 0.126 e. The lowest BCUT2D eigenvalue weighted by atomic mass is 10.0. The average molecular weight is 397 g/mol. The summed E-state index contributed by atoms with van der Waals surface area (Å²) in [5.74, 6) is -0.951. The Morgan fingerprint density at radius 3 is 1.79 bits per heavy atom. The summed E-state index contributed by atoms with van der Waals surface area (Å²) in [5.41, 5.74) is 0.764. The van der Waals surface area contributed by atoms with Crippen LogP contribution in [0.3, 0.4) is 0 Å². The lowest BCUT2D eigenvalue weighted by Crippen LogP contribution is -2.13. The molecule has 0 fully saturated rings. The third kappa shape index (κ3) is 13.3. The van der Waals surface area contributed by atoms with Crippen LogP contribution in [0, 0.1) is 11.6 Å². The van der Waals surface area contributed by atoms with Crippen LogP contribution in [0.5, 0.6) is 0 Å². The van der Waals surface area contributed by atoms with Crippen LogP contribution in [-0.2, 0) is 11.2 Å². The topological polar surface area (TPSA) is 9.23 Å². The van der Waals surface area contributed by atoms with Gasteiger partial charge in [-0.1, -0.05) is 78.1 Å². The van der Waals surface area contributed by atoms with Crippen LogP contribution < -0.4 is 0 Å². The van der Waals surface area contributed by atoms with Crippen molar-refractivity contribution in [2.45, 2.75) is 116 Å². The van der Waals surface area contributed by atoms with E-state index in [0.717, 1.165) is 50.3 Å². The van der Waals surface area contributed by atoms with Crippen LogP contribution in [0.25, 0.3) is 0 Å². The van der Waals surface area contributed by atoms with E-state index < -0.39 is 11.6 Å². The van der Waals surface area contributed by atoms with Gasteiger partial charge in [0.1, 0.15) is 11.6 Å². The largest absolute Gasteiger partial charge is 0.378 e. The first-order valence-electron chi connectivity index (χ1n) is 11.7. The molecule has 0 aliphatic heterocycles. The van der Waals surface area contributed by atoms with Crippen molar-refractivity contribution < 1.29 is 13.5 Å². The van der Waals surface area contributed by atoms with Crippen LogP contribution >= 0.6 is 0 Å². The van der Waals surface area contributed by atoms with Crippen molar-refractivity contribution in [1.82, 2.24) is 0 Å². The summed E-state index contributed by atoms with van der Waals surface area (Å²) in [6, 6.07) is 3.82. The molecule has 0 spiro atoms. The summed E-state index contributed by atoms with van der Waals surface area (Å²) in [7, 11) is 0. The van der Waals surface area contributed by atoms with Crippen LogP contribution in [0.2, 0.25) is 0 Å². The van der Waals surface area contributed by atoms with Gasteiger partial charge in [0.05, 0.1) is 6.10 Å². The first-order valence-corrected chi connectivity index (χ1v) is 11.7. The third-order valence-corrected chi connectivity index (χ3v) is 5.35. The molecule has 28 heavy (non-hydrogen) atoms. The molecule has 1 aromatic rings. The van der Waals surface area contributed by atoms with E-state index in [1.165, 1.54) is 76.3 Å². The molecule has 0 aromatic heterocycles. The SMILES string of the molecule is CCCCCCCCCC(CCCCCCc1cc(F)cc(F)c1)OCCC. The molecule has 0 saturated carbocycles. The third-order valence-electron chi connectivity index (χ3n) is 5.35. The monoisotopic (exact) mass is 396 g/mol. The van der Waals surface area contributed by atoms with Gasteiger partial charge in [-0.25, -0.2) is 8.78 Å². The number of aryl methyl sites for hydroxylation is 1. The molecule has 162 valence electrons. The Bertz CT molecular complexity index is 469. The zero-order valence-electron chi connectivity index (χ0n) is 18.3. The fraction of sp³-hybridized carbons (Fsp3) is 0.760. The first kappa shape index (κ1) is 25.1. The predicted molar refractivity (Wildman–Crippen MR) is 116 cm³/mol. The second-order valence-electron chi connectivity index (χ2n) is 8.13. The number of hydrogen-bond donors (Lipinski definition) is 0. The predicted octanol–water partition coefficient (Wildman–Crippen LogP) is 8.39. The number of hydrogen-bond acceptors (Lipinski definition) is 1. The Balaban J connectivity index is 2.11. The summed E-state index contributed by atoms with van der Waals surface area (Å²) in [4.78, 5) is 0. The van der Waals surface area contributed by atoms with Gasteiger partial charge in [-0.15, -0.1) is 0 Å². The van der Waals surface area contributed by atoms with Crippen LogP contribution in [-0.4, -0.2) is 12.7 Å². The summed E-state index contributed by atoms with van der Waals surface area (Å²) < 4.78 is 32.5. The van der Waals surface area contributed by atoms with Crippen molar-refractivity contribution >= 4 is 0 Å². The quantitative estimate of drug-likeness (QED) is 0.226. The lowest BCUT2D eigenvalue weighted by Gasteiger charge is -2.17. The number of ether oxygens (including phenoxy) is 1. The van der Waals surface area contributed by atoms with Gasteiger partial charge < -0.3 is 4.74 Å². The van der Waals surface area contributed by atoms with Gasteiger partial charge >= 0.3 is 0 Å². The highest BCUT2D eigenvalue weighted by atomic mass is 19.1. The molecule has 0 amide bonds. The van der Waals surface area contributed by atoms with Gasteiger partial charge in [-0.05, 0) is 49.8 Å². The minimum atomic E-state index is -0.476. The summed E-state index contributed by atoms with van der Waals surface area (Å²) in [5, 5.41) is 0. The van der Waals surface area contributed by atoms with E-state index >= 15 is 0 Å². The van der Waals surface area contributed by atoms with E-state index in [-0.39, 0.29) is 0 Å². The van der Waals surface area contributed by atoms with Crippen LogP contribution in [0.1, 0.15) is 109 Å². The second kappa shape index (κ2) is 16.9. The van der Waals surface area contributed by atoms with E-state index in [1.807, 2.05) is 0 Å². The number of halogens is 2. The normalized spacial score (nSPS) is 12.4. The standard InChI is InChI=1S/C25H42F2O/c1-3-5-6-7-8-9-13-16-25(28-18-4-2)17-14-11-10-12-15-22-19-23(26)21-24(27)20-22/h19-21,25H,3-18H2,1-2H3. The molecule has 3 heteroatoms. The van der Waals surface area contributed by atoms with E-state index in [0.29, 0.717) is 6.10 Å². The number of benzene rings is 1. The average Bonchev–Trinajstić information content (AvgIpc) is 2.66. The second-order valence-corrected chi connectivity index (χ2v) is 8.13. The van der Waals surface area contributed by atoms with Gasteiger partial charge in [-0.2, -0.15) is 0 Å². The van der Waals surface area contributed by atoms with E-state index in [1.54, 1.807) is 0 Å². The molecule has 1 atom stereocenters. The molecule has 1 nitrogen and oxygen atoms in total. The molecular formula is C25H42F2O. The molecule has 1 unspecified atom stereocenters. The van der Waals surface area contributed by atoms with Gasteiger partial charge in [-0.3, -0.25) is 0 Å². The fourth-order valence-corrected chi connectivity index (χ4v) is 3.73. The fourth-order valence-electron chi connectivity index (χ4n) is 3.73. The van der Waals surface area contributed by atoms with E-state index in [2.05, 4.69) is 13.8 Å². The van der Waals surface area contributed by atoms with Gasteiger partial charge in [0.25, 0.3) is 0 Å². The molecule has 0 radical (unpaired) electrons. The summed E-state index contributed by atoms with van der Waals surface area (Å²) in [6.45, 7) is 5.29. The van der Waals surface area contributed by atoms with Crippen molar-refractivity contribution in [3.63, 3.8) is 0 Å². The highest BCUT2D eigenvalue weighted by Crippen LogP contribution is 2.17. The molecule has 0 N–H and O–H groups in total.